The minimum Gasteiger partial charge on any atom is -0.456 e. The molecule has 0 amide bonds. The summed E-state index contributed by atoms with van der Waals surface area (Å²) >= 11 is 12.7. The van der Waals surface area contributed by atoms with Crippen molar-refractivity contribution in [1.82, 2.24) is 9.78 Å². The number of rotatable bonds is 9. The van der Waals surface area contributed by atoms with E-state index in [0.29, 0.717) is 17.7 Å². The summed E-state index contributed by atoms with van der Waals surface area (Å²) in [7, 11) is -1.26. The van der Waals surface area contributed by atoms with Crippen LogP contribution in [-0.2, 0) is 21.0 Å². The summed E-state index contributed by atoms with van der Waals surface area (Å²) in [4.78, 5) is 24.3. The second-order valence-corrected chi connectivity index (χ2v) is 15.5. The predicted octanol–water partition coefficient (Wildman–Crippen LogP) is 5.69. The lowest BCUT2D eigenvalue weighted by molar-refractivity contribution is -0.136. The van der Waals surface area contributed by atoms with Gasteiger partial charge in [-0.2, -0.15) is 4.68 Å². The first-order valence-corrected chi connectivity index (χ1v) is 15.4. The maximum atomic E-state index is 12.8. The van der Waals surface area contributed by atoms with Crippen molar-refractivity contribution in [3.8, 4) is 23.5 Å². The van der Waals surface area contributed by atoms with Crippen LogP contribution < -0.4 is 10.3 Å². The summed E-state index contributed by atoms with van der Waals surface area (Å²) in [6.45, 7) is 13.1. The van der Waals surface area contributed by atoms with Gasteiger partial charge in [-0.25, -0.2) is 4.79 Å². The second-order valence-electron chi connectivity index (χ2n) is 9.09. The molecule has 0 unspecified atom stereocenters. The Labute approximate surface area is 211 Å². The number of hydrogen-bond donors (Lipinski definition) is 0. The third-order valence-electron chi connectivity index (χ3n) is 4.60. The average molecular weight is 526 g/mol. The van der Waals surface area contributed by atoms with Crippen LogP contribution in [0.1, 0.15) is 37.8 Å². The summed E-state index contributed by atoms with van der Waals surface area (Å²) < 4.78 is 17.6. The highest BCUT2D eigenvalue weighted by Gasteiger charge is 2.17. The molecule has 0 saturated carbocycles. The number of aromatic nitrogens is 2. The number of halogens is 2. The number of nitrogens with zero attached hydrogens (tertiary/aromatic N) is 2. The molecule has 2 aromatic rings. The maximum Gasteiger partial charge on any atom is 0.384 e. The van der Waals surface area contributed by atoms with Gasteiger partial charge in [-0.05, 0) is 31.0 Å². The zero-order chi connectivity index (χ0) is 25.5. The van der Waals surface area contributed by atoms with Crippen molar-refractivity contribution in [1.29, 1.82) is 0 Å². The summed E-state index contributed by atoms with van der Waals surface area (Å²) in [6.07, 6.45) is 0. The Morgan fingerprint density at radius 1 is 1.18 bits per heavy atom. The number of hydrogen-bond acceptors (Lipinski definition) is 6. The molecule has 10 heteroatoms. The van der Waals surface area contributed by atoms with E-state index in [1.54, 1.807) is 13.0 Å². The van der Waals surface area contributed by atoms with Crippen LogP contribution in [0.25, 0.3) is 0 Å². The quantitative estimate of drug-likeness (QED) is 0.181. The Hall–Kier alpha value is -2.31. The van der Waals surface area contributed by atoms with E-state index >= 15 is 0 Å². The predicted molar refractivity (Wildman–Crippen MR) is 137 cm³/mol. The fourth-order valence-corrected chi connectivity index (χ4v) is 4.06. The minimum absolute atomic E-state index is 0.0179. The normalized spacial score (nSPS) is 11.2. The second kappa shape index (κ2) is 12.4. The maximum absolute atomic E-state index is 12.8. The molecular formula is C24H30Cl2N2O5Si. The first kappa shape index (κ1) is 27.9. The number of ether oxygens (including phenoxy) is 3. The highest BCUT2D eigenvalue weighted by molar-refractivity contribution is 6.76. The zero-order valence-electron chi connectivity index (χ0n) is 20.3. The summed E-state index contributed by atoms with van der Waals surface area (Å²) in [5, 5.41) is 4.65. The molecule has 0 radical (unpaired) electrons. The molecule has 184 valence electrons. The van der Waals surface area contributed by atoms with Crippen LogP contribution in [0.2, 0.25) is 35.7 Å². The number of carbonyl (C=O) groups excluding carboxylic acids is 1. The van der Waals surface area contributed by atoms with Gasteiger partial charge in [0.2, 0.25) is 5.88 Å². The minimum atomic E-state index is -1.26. The van der Waals surface area contributed by atoms with Crippen LogP contribution in [0.15, 0.2) is 23.0 Å². The van der Waals surface area contributed by atoms with Crippen LogP contribution in [0.3, 0.4) is 0 Å². The molecule has 1 aromatic carbocycles. The van der Waals surface area contributed by atoms with Gasteiger partial charge in [0.25, 0.3) is 5.56 Å². The van der Waals surface area contributed by atoms with E-state index in [0.717, 1.165) is 6.04 Å². The lowest BCUT2D eigenvalue weighted by atomic mass is 10.1. The largest absolute Gasteiger partial charge is 0.456 e. The lowest BCUT2D eigenvalue weighted by Gasteiger charge is -2.17. The Morgan fingerprint density at radius 2 is 1.82 bits per heavy atom. The van der Waals surface area contributed by atoms with Gasteiger partial charge in [0.05, 0.1) is 16.7 Å². The van der Waals surface area contributed by atoms with Gasteiger partial charge in [-0.15, -0.1) is 5.10 Å². The van der Waals surface area contributed by atoms with Crippen molar-refractivity contribution < 1.29 is 19.0 Å². The topological polar surface area (TPSA) is 79.7 Å². The van der Waals surface area contributed by atoms with Crippen LogP contribution in [-0.4, -0.2) is 37.0 Å². The van der Waals surface area contributed by atoms with E-state index in [1.165, 1.54) is 16.8 Å². The van der Waals surface area contributed by atoms with E-state index in [4.69, 9.17) is 37.4 Å². The molecule has 2 rings (SSSR count). The fraction of sp³-hybridized carbons (Fsp3) is 0.458. The molecule has 0 spiro atoms. The Morgan fingerprint density at radius 3 is 2.38 bits per heavy atom. The molecule has 0 fully saturated rings. The van der Waals surface area contributed by atoms with Gasteiger partial charge >= 0.3 is 5.97 Å². The van der Waals surface area contributed by atoms with Gasteiger partial charge in [0.15, 0.2) is 5.75 Å². The first-order chi connectivity index (χ1) is 15.9. The van der Waals surface area contributed by atoms with Crippen LogP contribution >= 0.6 is 23.2 Å². The van der Waals surface area contributed by atoms with Crippen molar-refractivity contribution in [2.75, 3.05) is 13.2 Å². The Bertz CT molecular complexity index is 1120. The Kier molecular flexibility index (Phi) is 10.2. The van der Waals surface area contributed by atoms with Crippen molar-refractivity contribution in [2.45, 2.75) is 59.1 Å². The van der Waals surface area contributed by atoms with Crippen molar-refractivity contribution >= 4 is 37.2 Å². The molecule has 0 atom stereocenters. The molecule has 1 aromatic heterocycles. The summed E-state index contributed by atoms with van der Waals surface area (Å²) in [6, 6.07) is 5.60. The third-order valence-corrected chi connectivity index (χ3v) is 6.87. The molecule has 0 bridgehead atoms. The first-order valence-electron chi connectivity index (χ1n) is 11.0. The van der Waals surface area contributed by atoms with Gasteiger partial charge in [0.1, 0.15) is 6.73 Å². The summed E-state index contributed by atoms with van der Waals surface area (Å²) in [5.74, 6) is 4.64. The van der Waals surface area contributed by atoms with Gasteiger partial charge < -0.3 is 14.2 Å². The van der Waals surface area contributed by atoms with Crippen molar-refractivity contribution in [2.24, 2.45) is 0 Å². The molecule has 1 heterocycles. The van der Waals surface area contributed by atoms with E-state index in [-0.39, 0.29) is 46.5 Å². The SMILES string of the molecule is CCOC(=O)C#Cc1cc(Cl)c(Oc2cc(C(C)C)c(=O)n(COCC[Si](C)(C)C)n2)c(Cl)c1. The van der Waals surface area contributed by atoms with Gasteiger partial charge in [-0.3, -0.25) is 4.79 Å². The van der Waals surface area contributed by atoms with Gasteiger partial charge in [0, 0.05) is 37.8 Å². The smallest absolute Gasteiger partial charge is 0.384 e. The van der Waals surface area contributed by atoms with Crippen molar-refractivity contribution in [3.63, 3.8) is 0 Å². The van der Waals surface area contributed by atoms with E-state index < -0.39 is 14.0 Å². The highest BCUT2D eigenvalue weighted by atomic mass is 35.5. The lowest BCUT2D eigenvalue weighted by Crippen LogP contribution is -2.29. The van der Waals surface area contributed by atoms with Crippen molar-refractivity contribution in [3.05, 3.63) is 49.7 Å². The van der Waals surface area contributed by atoms with E-state index in [2.05, 4.69) is 36.6 Å². The standard InChI is InChI=1S/C24H30Cl2N2O5Si/c1-7-32-22(29)9-8-17-12-19(25)23(20(26)13-17)33-21-14-18(16(2)3)24(30)28(27-21)15-31-10-11-34(4,5)6/h12-14,16H,7,10-11,15H2,1-6H3. The average Bonchev–Trinajstić information content (AvgIpc) is 2.73. The zero-order valence-corrected chi connectivity index (χ0v) is 22.8. The third kappa shape index (κ3) is 8.48. The molecular weight excluding hydrogens is 495 g/mol. The summed E-state index contributed by atoms with van der Waals surface area (Å²) in [5.41, 5.74) is 0.715. The van der Waals surface area contributed by atoms with E-state index in [9.17, 15) is 9.59 Å². The Balaban J connectivity index is 2.30. The van der Waals surface area contributed by atoms with Gasteiger partial charge in [-0.1, -0.05) is 62.6 Å². The highest BCUT2D eigenvalue weighted by Crippen LogP contribution is 2.37. The molecule has 0 saturated heterocycles. The molecule has 0 aliphatic carbocycles. The number of carbonyl (C=O) groups is 1. The van der Waals surface area contributed by atoms with Crippen LogP contribution in [0.4, 0.5) is 0 Å². The fourth-order valence-electron chi connectivity index (χ4n) is 2.74. The number of benzene rings is 1. The molecule has 0 N–H and O–H groups in total. The molecule has 7 nitrogen and oxygen atoms in total. The number of esters is 1. The van der Waals surface area contributed by atoms with Crippen LogP contribution in [0.5, 0.6) is 11.6 Å². The van der Waals surface area contributed by atoms with E-state index in [1.807, 2.05) is 13.8 Å². The monoisotopic (exact) mass is 524 g/mol. The van der Waals surface area contributed by atoms with Crippen LogP contribution in [0, 0.1) is 11.8 Å². The molecule has 34 heavy (non-hydrogen) atoms. The molecule has 0 aliphatic rings. The molecule has 0 aliphatic heterocycles.